The van der Waals surface area contributed by atoms with Crippen LogP contribution >= 0.6 is 0 Å². The molecule has 1 aliphatic heterocycles. The Morgan fingerprint density at radius 2 is 1.90 bits per heavy atom. The van der Waals surface area contributed by atoms with Crippen LogP contribution in [0.4, 0.5) is 0 Å². The van der Waals surface area contributed by atoms with Gasteiger partial charge in [0, 0.05) is 13.0 Å². The van der Waals surface area contributed by atoms with Crippen molar-refractivity contribution in [3.63, 3.8) is 0 Å². The second kappa shape index (κ2) is 6.15. The van der Waals surface area contributed by atoms with Crippen LogP contribution in [-0.2, 0) is 11.2 Å². The van der Waals surface area contributed by atoms with E-state index >= 15 is 0 Å². The van der Waals surface area contributed by atoms with E-state index in [0.29, 0.717) is 13.2 Å². The minimum absolute atomic E-state index is 0.103. The highest BCUT2D eigenvalue weighted by molar-refractivity contribution is 5.37. The van der Waals surface area contributed by atoms with Crippen LogP contribution in [0.5, 0.6) is 5.75 Å². The van der Waals surface area contributed by atoms with Crippen molar-refractivity contribution in [2.24, 2.45) is 5.73 Å². The number of fused-ring (bicyclic) bond motifs is 1. The van der Waals surface area contributed by atoms with Gasteiger partial charge in [-0.05, 0) is 24.5 Å². The van der Waals surface area contributed by atoms with Gasteiger partial charge in [0.2, 0.25) is 0 Å². The predicted octanol–water partition coefficient (Wildman–Crippen LogP) is 3.06. The molecule has 2 N–H and O–H groups in total. The normalized spacial score (nSPS) is 24.8. The fraction of sp³-hybridized carbons (Fsp3) is 0.647. The standard InChI is InChI=1S/C17H25NO2/c18-13-17(9-5-1-2-6-10-17)19-12-15-11-14-7-3-4-8-16(14)20-15/h3-4,7-8,15H,1-2,5-6,9-13,18H2. The summed E-state index contributed by atoms with van der Waals surface area (Å²) in [5.74, 6) is 1.02. The van der Waals surface area contributed by atoms with E-state index in [1.165, 1.54) is 31.2 Å². The third-order valence-electron chi connectivity index (χ3n) is 4.68. The lowest BCUT2D eigenvalue weighted by atomic mass is 9.94. The maximum Gasteiger partial charge on any atom is 0.126 e. The lowest BCUT2D eigenvalue weighted by Crippen LogP contribution is -2.42. The van der Waals surface area contributed by atoms with Gasteiger partial charge in [0.25, 0.3) is 0 Å². The maximum atomic E-state index is 6.26. The predicted molar refractivity (Wildman–Crippen MR) is 80.0 cm³/mol. The molecule has 20 heavy (non-hydrogen) atoms. The Hall–Kier alpha value is -1.06. The Balaban J connectivity index is 1.56. The van der Waals surface area contributed by atoms with Crippen LogP contribution < -0.4 is 10.5 Å². The van der Waals surface area contributed by atoms with Crippen LogP contribution in [0.2, 0.25) is 0 Å². The van der Waals surface area contributed by atoms with Crippen molar-refractivity contribution in [3.8, 4) is 5.75 Å². The molecule has 0 bridgehead atoms. The molecule has 2 aliphatic rings. The quantitative estimate of drug-likeness (QED) is 0.859. The van der Waals surface area contributed by atoms with Gasteiger partial charge in [-0.15, -0.1) is 0 Å². The minimum atomic E-state index is -0.103. The molecule has 0 saturated heterocycles. The molecule has 1 unspecified atom stereocenters. The molecule has 1 fully saturated rings. The van der Waals surface area contributed by atoms with Gasteiger partial charge in [-0.1, -0.05) is 43.9 Å². The molecule has 0 spiro atoms. The first kappa shape index (κ1) is 13.9. The number of benzene rings is 1. The zero-order valence-corrected chi connectivity index (χ0v) is 12.1. The smallest absolute Gasteiger partial charge is 0.126 e. The SMILES string of the molecule is NCC1(OCC2Cc3ccccc3O2)CCCCCC1. The van der Waals surface area contributed by atoms with E-state index in [4.69, 9.17) is 15.2 Å². The van der Waals surface area contributed by atoms with E-state index < -0.39 is 0 Å². The Morgan fingerprint density at radius 1 is 1.15 bits per heavy atom. The summed E-state index contributed by atoms with van der Waals surface area (Å²) in [7, 11) is 0. The zero-order chi connectivity index (χ0) is 13.8. The highest BCUT2D eigenvalue weighted by atomic mass is 16.5. The van der Waals surface area contributed by atoms with Crippen LogP contribution in [0.1, 0.15) is 44.1 Å². The van der Waals surface area contributed by atoms with Gasteiger partial charge in [0.05, 0.1) is 12.2 Å². The lowest BCUT2D eigenvalue weighted by molar-refractivity contribution is -0.0742. The molecular weight excluding hydrogens is 250 g/mol. The number of ether oxygens (including phenoxy) is 2. The highest BCUT2D eigenvalue weighted by Gasteiger charge is 2.32. The average Bonchev–Trinajstić information content (AvgIpc) is 2.75. The second-order valence-corrected chi connectivity index (χ2v) is 6.16. The van der Waals surface area contributed by atoms with Gasteiger partial charge in [0.1, 0.15) is 11.9 Å². The largest absolute Gasteiger partial charge is 0.487 e. The van der Waals surface area contributed by atoms with Gasteiger partial charge in [-0.3, -0.25) is 0 Å². The molecule has 3 rings (SSSR count). The van der Waals surface area contributed by atoms with E-state index in [9.17, 15) is 0 Å². The summed E-state index contributed by atoms with van der Waals surface area (Å²) in [6, 6.07) is 8.27. The summed E-state index contributed by atoms with van der Waals surface area (Å²) in [4.78, 5) is 0. The molecular formula is C17H25NO2. The highest BCUT2D eigenvalue weighted by Crippen LogP contribution is 2.32. The van der Waals surface area contributed by atoms with E-state index in [2.05, 4.69) is 12.1 Å². The van der Waals surface area contributed by atoms with E-state index in [0.717, 1.165) is 25.0 Å². The number of nitrogens with two attached hydrogens (primary N) is 1. The summed E-state index contributed by atoms with van der Waals surface area (Å²) in [5.41, 5.74) is 7.20. The molecule has 0 amide bonds. The van der Waals surface area contributed by atoms with Gasteiger partial charge < -0.3 is 15.2 Å². The van der Waals surface area contributed by atoms with Crippen molar-refractivity contribution in [2.45, 2.75) is 56.7 Å². The summed E-state index contributed by atoms with van der Waals surface area (Å²) < 4.78 is 12.2. The third-order valence-corrected chi connectivity index (χ3v) is 4.68. The summed E-state index contributed by atoms with van der Waals surface area (Å²) >= 11 is 0. The van der Waals surface area contributed by atoms with Crippen molar-refractivity contribution in [1.82, 2.24) is 0 Å². The number of rotatable bonds is 4. The van der Waals surface area contributed by atoms with Crippen molar-refractivity contribution in [2.75, 3.05) is 13.2 Å². The summed E-state index contributed by atoms with van der Waals surface area (Å²) in [6.07, 6.45) is 8.42. The Bertz CT molecular complexity index is 413. The first-order valence-corrected chi connectivity index (χ1v) is 7.90. The summed E-state index contributed by atoms with van der Waals surface area (Å²) in [5, 5.41) is 0. The van der Waals surface area contributed by atoms with Crippen LogP contribution in [0, 0.1) is 0 Å². The van der Waals surface area contributed by atoms with Crippen LogP contribution in [0.15, 0.2) is 24.3 Å². The van der Waals surface area contributed by atoms with Crippen LogP contribution in [0.25, 0.3) is 0 Å². The van der Waals surface area contributed by atoms with Crippen LogP contribution in [0.3, 0.4) is 0 Å². The molecule has 1 aliphatic carbocycles. The van der Waals surface area contributed by atoms with Crippen molar-refractivity contribution < 1.29 is 9.47 Å². The maximum absolute atomic E-state index is 6.26. The third kappa shape index (κ3) is 2.99. The van der Waals surface area contributed by atoms with Crippen molar-refractivity contribution in [1.29, 1.82) is 0 Å². The number of para-hydroxylation sites is 1. The molecule has 1 saturated carbocycles. The lowest BCUT2D eigenvalue weighted by Gasteiger charge is -2.32. The zero-order valence-electron chi connectivity index (χ0n) is 12.1. The number of hydrogen-bond donors (Lipinski definition) is 1. The van der Waals surface area contributed by atoms with E-state index in [1.807, 2.05) is 12.1 Å². The molecule has 1 aromatic rings. The van der Waals surface area contributed by atoms with E-state index in [1.54, 1.807) is 0 Å². The molecule has 1 aromatic carbocycles. The van der Waals surface area contributed by atoms with Gasteiger partial charge in [0.15, 0.2) is 0 Å². The van der Waals surface area contributed by atoms with Gasteiger partial charge >= 0.3 is 0 Å². The molecule has 3 heteroatoms. The molecule has 1 heterocycles. The van der Waals surface area contributed by atoms with Crippen molar-refractivity contribution in [3.05, 3.63) is 29.8 Å². The number of hydrogen-bond acceptors (Lipinski definition) is 3. The molecule has 1 atom stereocenters. The van der Waals surface area contributed by atoms with Gasteiger partial charge in [-0.25, -0.2) is 0 Å². The molecule has 3 nitrogen and oxygen atoms in total. The Kier molecular flexibility index (Phi) is 4.27. The first-order valence-electron chi connectivity index (χ1n) is 7.90. The first-order chi connectivity index (χ1) is 9.81. The average molecular weight is 275 g/mol. The van der Waals surface area contributed by atoms with E-state index in [-0.39, 0.29) is 11.7 Å². The minimum Gasteiger partial charge on any atom is -0.487 e. The molecule has 0 radical (unpaired) electrons. The summed E-state index contributed by atoms with van der Waals surface area (Å²) in [6.45, 7) is 1.29. The second-order valence-electron chi connectivity index (χ2n) is 6.16. The van der Waals surface area contributed by atoms with Crippen molar-refractivity contribution >= 4 is 0 Å². The Labute approximate surface area is 121 Å². The molecule has 0 aromatic heterocycles. The topological polar surface area (TPSA) is 44.5 Å². The molecule has 110 valence electrons. The monoisotopic (exact) mass is 275 g/mol. The van der Waals surface area contributed by atoms with Crippen LogP contribution in [-0.4, -0.2) is 24.9 Å². The van der Waals surface area contributed by atoms with Gasteiger partial charge in [-0.2, -0.15) is 0 Å². The Morgan fingerprint density at radius 3 is 2.60 bits per heavy atom. The fourth-order valence-corrected chi connectivity index (χ4v) is 3.40. The fourth-order valence-electron chi connectivity index (χ4n) is 3.40.